The summed E-state index contributed by atoms with van der Waals surface area (Å²) in [4.78, 5) is 4.08. The summed E-state index contributed by atoms with van der Waals surface area (Å²) in [6.45, 7) is 3.80. The van der Waals surface area contributed by atoms with Crippen LogP contribution in [0.3, 0.4) is 0 Å². The molecule has 5 rings (SSSR count). The van der Waals surface area contributed by atoms with Gasteiger partial charge in [0.05, 0.1) is 4.75 Å². The summed E-state index contributed by atoms with van der Waals surface area (Å²) in [6, 6.07) is 9.63. The third-order valence-electron chi connectivity index (χ3n) is 7.16. The van der Waals surface area contributed by atoms with Crippen LogP contribution >= 0.6 is 0 Å². The molecule has 0 radical (unpaired) electrons. The molecule has 7 heteroatoms. The van der Waals surface area contributed by atoms with Crippen molar-refractivity contribution in [3.05, 3.63) is 30.3 Å². The van der Waals surface area contributed by atoms with E-state index in [0.29, 0.717) is 30.3 Å². The SMILES string of the molecule is CC(C)(Oc1ccccc1)/C(=N\C#N)NC1C2CC3CC1CC(S(C)(=O)=O)(C3)C2. The maximum atomic E-state index is 12.6. The molecule has 29 heavy (non-hydrogen) atoms. The van der Waals surface area contributed by atoms with Crippen molar-refractivity contribution in [1.29, 1.82) is 5.26 Å². The quantitative estimate of drug-likeness (QED) is 0.453. The Balaban J connectivity index is 1.56. The Morgan fingerprint density at radius 1 is 1.21 bits per heavy atom. The average Bonchev–Trinajstić information content (AvgIpc) is 2.62. The molecule has 156 valence electrons. The Kier molecular flexibility index (Phi) is 4.89. The Labute approximate surface area is 173 Å². The van der Waals surface area contributed by atoms with Crippen molar-refractivity contribution in [3.63, 3.8) is 0 Å². The Morgan fingerprint density at radius 3 is 2.38 bits per heavy atom. The van der Waals surface area contributed by atoms with E-state index in [4.69, 9.17) is 4.74 Å². The summed E-state index contributed by atoms with van der Waals surface area (Å²) in [5.74, 6) is 2.28. The predicted molar refractivity (Wildman–Crippen MR) is 112 cm³/mol. The Hall–Kier alpha value is -2.07. The number of hydrogen-bond acceptors (Lipinski definition) is 5. The second kappa shape index (κ2) is 7.02. The van der Waals surface area contributed by atoms with E-state index < -0.39 is 20.2 Å². The second-order valence-electron chi connectivity index (χ2n) is 9.58. The number of nitrogens with zero attached hydrogens (tertiary/aromatic N) is 2. The fraction of sp³-hybridized carbons (Fsp3) is 0.636. The number of hydrogen-bond donors (Lipinski definition) is 1. The van der Waals surface area contributed by atoms with Crippen LogP contribution in [0.2, 0.25) is 0 Å². The van der Waals surface area contributed by atoms with E-state index in [1.807, 2.05) is 50.4 Å². The lowest BCUT2D eigenvalue weighted by molar-refractivity contribution is 0.00460. The zero-order valence-corrected chi connectivity index (χ0v) is 18.1. The van der Waals surface area contributed by atoms with Crippen molar-refractivity contribution in [2.75, 3.05) is 6.26 Å². The van der Waals surface area contributed by atoms with Crippen molar-refractivity contribution in [3.8, 4) is 11.9 Å². The van der Waals surface area contributed by atoms with Gasteiger partial charge in [-0.05, 0) is 75.8 Å². The Morgan fingerprint density at radius 2 is 1.83 bits per heavy atom. The van der Waals surface area contributed by atoms with Crippen LogP contribution in [0.25, 0.3) is 0 Å². The molecule has 4 fully saturated rings. The van der Waals surface area contributed by atoms with Crippen LogP contribution in [0.1, 0.15) is 46.0 Å². The number of amidine groups is 1. The van der Waals surface area contributed by atoms with Crippen molar-refractivity contribution in [1.82, 2.24) is 5.32 Å². The zero-order valence-electron chi connectivity index (χ0n) is 17.3. The van der Waals surface area contributed by atoms with Crippen molar-refractivity contribution >= 4 is 15.7 Å². The monoisotopic (exact) mass is 415 g/mol. The van der Waals surface area contributed by atoms with E-state index in [1.165, 1.54) is 6.26 Å². The molecule has 6 nitrogen and oxygen atoms in total. The summed E-state index contributed by atoms with van der Waals surface area (Å²) in [6.07, 6.45) is 7.63. The molecule has 1 aromatic rings. The highest BCUT2D eigenvalue weighted by molar-refractivity contribution is 7.92. The van der Waals surface area contributed by atoms with Crippen molar-refractivity contribution in [2.24, 2.45) is 22.7 Å². The molecule has 2 atom stereocenters. The molecule has 0 saturated heterocycles. The van der Waals surface area contributed by atoms with Crippen LogP contribution in [-0.4, -0.2) is 36.9 Å². The Bertz CT molecular complexity index is 933. The number of rotatable bonds is 5. The van der Waals surface area contributed by atoms with Crippen molar-refractivity contribution in [2.45, 2.75) is 62.3 Å². The van der Waals surface area contributed by atoms with Gasteiger partial charge in [-0.1, -0.05) is 18.2 Å². The first-order valence-electron chi connectivity index (χ1n) is 10.3. The fourth-order valence-corrected chi connectivity index (χ4v) is 7.59. The first-order chi connectivity index (χ1) is 13.6. The zero-order chi connectivity index (χ0) is 20.9. The van der Waals surface area contributed by atoms with Gasteiger partial charge in [-0.25, -0.2) is 8.42 Å². The number of ether oxygens (including phenoxy) is 1. The van der Waals surface area contributed by atoms with Crippen LogP contribution in [-0.2, 0) is 9.84 Å². The largest absolute Gasteiger partial charge is 0.480 e. The van der Waals surface area contributed by atoms with Gasteiger partial charge in [-0.2, -0.15) is 10.3 Å². The highest BCUT2D eigenvalue weighted by Gasteiger charge is 2.59. The van der Waals surface area contributed by atoms with E-state index in [1.54, 1.807) is 0 Å². The van der Waals surface area contributed by atoms with Crippen LogP contribution in [0.4, 0.5) is 0 Å². The number of benzene rings is 1. The molecule has 4 bridgehead atoms. The standard InChI is InChI=1S/C22H29N3O3S/c1-21(2,28-18-7-5-4-6-8-18)20(24-14-23)25-19-16-9-15-10-17(19)13-22(11-15,12-16)29(3,26)27/h4-8,15-17,19H,9-13H2,1-3H3,(H,24,25). The first kappa shape index (κ1) is 20.2. The average molecular weight is 416 g/mol. The maximum Gasteiger partial charge on any atom is 0.207 e. The van der Waals surface area contributed by atoms with E-state index >= 15 is 0 Å². The van der Waals surface area contributed by atoms with Gasteiger partial charge >= 0.3 is 0 Å². The summed E-state index contributed by atoms with van der Waals surface area (Å²) in [7, 11) is -3.09. The lowest BCUT2D eigenvalue weighted by Crippen LogP contribution is -2.65. The summed E-state index contributed by atoms with van der Waals surface area (Å²) >= 11 is 0. The van der Waals surface area contributed by atoms with Gasteiger partial charge < -0.3 is 10.1 Å². The molecular formula is C22H29N3O3S. The maximum absolute atomic E-state index is 12.6. The molecular weight excluding hydrogens is 386 g/mol. The molecule has 4 aliphatic rings. The van der Waals surface area contributed by atoms with E-state index in [2.05, 4.69) is 10.3 Å². The minimum Gasteiger partial charge on any atom is -0.480 e. The summed E-state index contributed by atoms with van der Waals surface area (Å²) in [5, 5.41) is 12.8. The molecule has 0 amide bonds. The smallest absolute Gasteiger partial charge is 0.207 e. The van der Waals surface area contributed by atoms with Crippen molar-refractivity contribution < 1.29 is 13.2 Å². The highest BCUT2D eigenvalue weighted by atomic mass is 32.2. The number of sulfone groups is 1. The molecule has 4 saturated carbocycles. The van der Waals surface area contributed by atoms with Gasteiger partial charge in [0.2, 0.25) is 6.19 Å². The van der Waals surface area contributed by atoms with Gasteiger partial charge in [-0.15, -0.1) is 0 Å². The van der Waals surface area contributed by atoms with Gasteiger partial charge in [0, 0.05) is 12.3 Å². The number of nitriles is 1. The number of nitrogens with one attached hydrogen (secondary N) is 1. The molecule has 4 aliphatic carbocycles. The number of para-hydroxylation sites is 1. The lowest BCUT2D eigenvalue weighted by atomic mass is 9.53. The second-order valence-corrected chi connectivity index (χ2v) is 12.0. The van der Waals surface area contributed by atoms with Crippen LogP contribution in [0, 0.1) is 29.2 Å². The summed E-state index contributed by atoms with van der Waals surface area (Å²) in [5.41, 5.74) is -0.805. The van der Waals surface area contributed by atoms with Gasteiger partial charge in [0.1, 0.15) is 5.75 Å². The van der Waals surface area contributed by atoms with E-state index in [0.717, 1.165) is 19.3 Å². The minimum absolute atomic E-state index is 0.132. The molecule has 0 aromatic heterocycles. The van der Waals surface area contributed by atoms with E-state index in [9.17, 15) is 13.7 Å². The van der Waals surface area contributed by atoms with Gasteiger partial charge in [-0.3, -0.25) is 0 Å². The molecule has 0 heterocycles. The van der Waals surface area contributed by atoms with E-state index in [-0.39, 0.29) is 17.9 Å². The predicted octanol–water partition coefficient (Wildman–Crippen LogP) is 3.31. The van der Waals surface area contributed by atoms with Crippen LogP contribution < -0.4 is 10.1 Å². The molecule has 2 unspecified atom stereocenters. The van der Waals surface area contributed by atoms with Crippen LogP contribution in [0.15, 0.2) is 35.3 Å². The highest BCUT2D eigenvalue weighted by Crippen LogP contribution is 2.58. The lowest BCUT2D eigenvalue weighted by Gasteiger charge is -2.59. The van der Waals surface area contributed by atoms with Gasteiger partial charge in [0.15, 0.2) is 21.3 Å². The van der Waals surface area contributed by atoms with Crippen LogP contribution in [0.5, 0.6) is 5.75 Å². The fourth-order valence-electron chi connectivity index (χ4n) is 6.02. The first-order valence-corrected chi connectivity index (χ1v) is 12.2. The third kappa shape index (κ3) is 3.63. The van der Waals surface area contributed by atoms with Gasteiger partial charge in [0.25, 0.3) is 0 Å². The third-order valence-corrected chi connectivity index (χ3v) is 9.23. The normalized spacial score (nSPS) is 33.9. The molecule has 1 aromatic carbocycles. The summed E-state index contributed by atoms with van der Waals surface area (Å²) < 4.78 is 30.7. The molecule has 0 aliphatic heterocycles. The topological polar surface area (TPSA) is 91.5 Å². The molecule has 0 spiro atoms. The molecule has 1 N–H and O–H groups in total. The number of aliphatic imine (C=N–C) groups is 1. The minimum atomic E-state index is -3.09.